The fraction of sp³-hybridized carbons (Fsp3) is 0.208. The van der Waals surface area contributed by atoms with E-state index in [2.05, 4.69) is 34.3 Å². The molecule has 3 aromatic carbocycles. The molecule has 4 aromatic rings. The van der Waals surface area contributed by atoms with Gasteiger partial charge in [-0.25, -0.2) is 0 Å². The van der Waals surface area contributed by atoms with Gasteiger partial charge in [-0.1, -0.05) is 12.1 Å². The van der Waals surface area contributed by atoms with E-state index in [1.54, 1.807) is 16.9 Å². The minimum atomic E-state index is -0.567. The van der Waals surface area contributed by atoms with Crippen molar-refractivity contribution < 1.29 is 9.72 Å². The van der Waals surface area contributed by atoms with Gasteiger partial charge in [-0.15, -0.1) is 10.2 Å². The van der Waals surface area contributed by atoms with Gasteiger partial charge < -0.3 is 10.2 Å². The van der Waals surface area contributed by atoms with E-state index >= 15 is 0 Å². The quantitative estimate of drug-likeness (QED) is 0.326. The number of carbonyl (C=O) groups is 1. The number of carbonyl (C=O) groups excluding carboxylic acids is 1. The lowest BCUT2D eigenvalue weighted by Crippen LogP contribution is -2.21. The van der Waals surface area contributed by atoms with Crippen molar-refractivity contribution in [2.75, 3.05) is 23.3 Å². The number of anilines is 2. The molecule has 1 aromatic heterocycles. The second-order valence-electron chi connectivity index (χ2n) is 7.56. The number of aromatic nitrogens is 3. The second-order valence-corrected chi connectivity index (χ2v) is 7.56. The fourth-order valence-electron chi connectivity index (χ4n) is 3.72. The first kappa shape index (κ1) is 21.9. The monoisotopic (exact) mass is 444 g/mol. The van der Waals surface area contributed by atoms with Gasteiger partial charge in [0.05, 0.1) is 10.6 Å². The highest BCUT2D eigenvalue weighted by molar-refractivity contribution is 6.08. The highest BCUT2D eigenvalue weighted by atomic mass is 16.6. The molecule has 1 N–H and O–H groups in total. The molecule has 168 valence electrons. The van der Waals surface area contributed by atoms with Gasteiger partial charge >= 0.3 is 0 Å². The number of para-hydroxylation sites is 1. The number of hydrogen-bond acceptors (Lipinski definition) is 6. The van der Waals surface area contributed by atoms with E-state index < -0.39 is 10.8 Å². The van der Waals surface area contributed by atoms with Crippen molar-refractivity contribution in [3.8, 4) is 5.69 Å². The lowest BCUT2D eigenvalue weighted by molar-refractivity contribution is -0.385. The molecule has 9 nitrogen and oxygen atoms in total. The Balaban J connectivity index is 1.62. The Labute approximate surface area is 190 Å². The smallest absolute Gasteiger partial charge is 0.282 e. The van der Waals surface area contributed by atoms with Crippen LogP contribution in [0.2, 0.25) is 0 Å². The topological polar surface area (TPSA) is 106 Å². The van der Waals surface area contributed by atoms with Crippen LogP contribution in [0, 0.1) is 17.0 Å². The summed E-state index contributed by atoms with van der Waals surface area (Å²) < 4.78 is 0. The zero-order chi connectivity index (χ0) is 23.5. The maximum Gasteiger partial charge on any atom is 0.282 e. The molecular formula is C24H24N6O3. The minimum absolute atomic E-state index is 0.000978. The van der Waals surface area contributed by atoms with Crippen LogP contribution in [0.3, 0.4) is 0 Å². The summed E-state index contributed by atoms with van der Waals surface area (Å²) in [4.78, 5) is 27.2. The van der Waals surface area contributed by atoms with Crippen LogP contribution in [-0.4, -0.2) is 38.9 Å². The first-order valence-corrected chi connectivity index (χ1v) is 10.7. The molecule has 0 unspecified atom stereocenters. The summed E-state index contributed by atoms with van der Waals surface area (Å²) in [6.07, 6.45) is 0. The summed E-state index contributed by atoms with van der Waals surface area (Å²) in [7, 11) is 0. The molecule has 1 heterocycles. The van der Waals surface area contributed by atoms with Crippen molar-refractivity contribution >= 4 is 34.0 Å². The Kier molecular flexibility index (Phi) is 6.03. The molecule has 0 bridgehead atoms. The van der Waals surface area contributed by atoms with Crippen LogP contribution in [0.4, 0.5) is 17.1 Å². The lowest BCUT2D eigenvalue weighted by Gasteiger charge is -2.20. The zero-order valence-electron chi connectivity index (χ0n) is 18.6. The fourth-order valence-corrected chi connectivity index (χ4v) is 3.72. The van der Waals surface area contributed by atoms with Gasteiger partial charge in [-0.3, -0.25) is 14.9 Å². The Morgan fingerprint density at radius 2 is 1.67 bits per heavy atom. The molecule has 0 aliphatic heterocycles. The molecule has 0 saturated carbocycles. The Hall–Kier alpha value is -4.27. The number of nitrogens with zero attached hydrogens (tertiary/aromatic N) is 5. The Morgan fingerprint density at radius 3 is 2.30 bits per heavy atom. The largest absolute Gasteiger partial charge is 0.372 e. The summed E-state index contributed by atoms with van der Waals surface area (Å²) in [5.41, 5.74) is 4.30. The van der Waals surface area contributed by atoms with Crippen LogP contribution in [-0.2, 0) is 0 Å². The van der Waals surface area contributed by atoms with Crippen LogP contribution < -0.4 is 10.2 Å². The molecule has 0 radical (unpaired) electrons. The number of fused-ring (bicyclic) bond motifs is 1. The van der Waals surface area contributed by atoms with Crippen LogP contribution in [0.25, 0.3) is 16.7 Å². The first-order chi connectivity index (χ1) is 15.9. The summed E-state index contributed by atoms with van der Waals surface area (Å²) in [5.74, 6) is -0.552. The van der Waals surface area contributed by atoms with Crippen molar-refractivity contribution in [3.05, 3.63) is 81.9 Å². The van der Waals surface area contributed by atoms with Gasteiger partial charge in [0.2, 0.25) is 0 Å². The molecule has 0 aliphatic rings. The van der Waals surface area contributed by atoms with Gasteiger partial charge in [-0.05, 0) is 68.8 Å². The summed E-state index contributed by atoms with van der Waals surface area (Å²) in [6, 6.07) is 17.4. The van der Waals surface area contributed by atoms with E-state index in [9.17, 15) is 14.9 Å². The third-order valence-electron chi connectivity index (χ3n) is 5.53. The Bertz CT molecular complexity index is 1330. The molecule has 4 rings (SSSR count). The Morgan fingerprint density at radius 1 is 1.03 bits per heavy atom. The van der Waals surface area contributed by atoms with E-state index in [0.717, 1.165) is 30.0 Å². The van der Waals surface area contributed by atoms with Crippen molar-refractivity contribution in [2.45, 2.75) is 20.8 Å². The number of benzene rings is 3. The van der Waals surface area contributed by atoms with E-state index in [1.165, 1.54) is 18.2 Å². The normalized spacial score (nSPS) is 10.9. The number of aryl methyl sites for hydroxylation is 1. The maximum absolute atomic E-state index is 12.7. The van der Waals surface area contributed by atoms with Crippen LogP contribution >= 0.6 is 0 Å². The summed E-state index contributed by atoms with van der Waals surface area (Å²) in [5, 5.41) is 23.1. The van der Waals surface area contributed by atoms with Crippen LogP contribution in [0.5, 0.6) is 0 Å². The highest BCUT2D eigenvalue weighted by Crippen LogP contribution is 2.25. The number of rotatable bonds is 7. The van der Waals surface area contributed by atoms with Crippen molar-refractivity contribution in [2.24, 2.45) is 0 Å². The number of nitrogens with one attached hydrogen (secondary N) is 1. The third kappa shape index (κ3) is 4.38. The van der Waals surface area contributed by atoms with E-state index in [0.29, 0.717) is 16.7 Å². The summed E-state index contributed by atoms with van der Waals surface area (Å²) in [6.45, 7) is 7.94. The molecule has 33 heavy (non-hydrogen) atoms. The van der Waals surface area contributed by atoms with Crippen molar-refractivity contribution in [1.29, 1.82) is 0 Å². The van der Waals surface area contributed by atoms with Crippen molar-refractivity contribution in [1.82, 2.24) is 15.0 Å². The predicted octanol–water partition coefficient (Wildman–Crippen LogP) is 4.74. The number of nitro benzene ring substituents is 1. The molecule has 0 aliphatic carbocycles. The van der Waals surface area contributed by atoms with Crippen LogP contribution in [0.15, 0.2) is 60.7 Å². The third-order valence-corrected chi connectivity index (χ3v) is 5.53. The highest BCUT2D eigenvalue weighted by Gasteiger charge is 2.20. The SMILES string of the molecule is CCN(CC)c1ccc(-n2nc3cc(C)c(NC(=O)c4ccccc4[N+](=O)[O-])cc3n2)cc1. The zero-order valence-corrected chi connectivity index (χ0v) is 18.6. The second kappa shape index (κ2) is 9.07. The lowest BCUT2D eigenvalue weighted by atomic mass is 10.1. The molecule has 0 saturated heterocycles. The number of nitro groups is 1. The molecule has 0 atom stereocenters. The van der Waals surface area contributed by atoms with E-state index in [1.807, 2.05) is 37.3 Å². The van der Waals surface area contributed by atoms with E-state index in [4.69, 9.17) is 0 Å². The molecule has 0 spiro atoms. The van der Waals surface area contributed by atoms with Gasteiger partial charge in [0.1, 0.15) is 16.6 Å². The molecule has 0 fully saturated rings. The summed E-state index contributed by atoms with van der Waals surface area (Å²) >= 11 is 0. The molecule has 1 amide bonds. The average molecular weight is 444 g/mol. The van der Waals surface area contributed by atoms with Crippen molar-refractivity contribution in [3.63, 3.8) is 0 Å². The standard InChI is InChI=1S/C24H24N6O3/c1-4-28(5-2)17-10-12-18(13-11-17)29-26-21-14-16(3)20(15-22(21)27-29)25-24(31)19-8-6-7-9-23(19)30(32)33/h6-15H,4-5H2,1-3H3,(H,25,31). The van der Waals surface area contributed by atoms with Gasteiger partial charge in [0.15, 0.2) is 0 Å². The maximum atomic E-state index is 12.7. The average Bonchev–Trinajstić information content (AvgIpc) is 3.23. The van der Waals surface area contributed by atoms with Gasteiger partial charge in [0, 0.05) is 30.5 Å². The van der Waals surface area contributed by atoms with Gasteiger partial charge in [-0.2, -0.15) is 4.80 Å². The first-order valence-electron chi connectivity index (χ1n) is 10.7. The van der Waals surface area contributed by atoms with E-state index in [-0.39, 0.29) is 11.3 Å². The number of amides is 1. The minimum Gasteiger partial charge on any atom is -0.372 e. The number of hydrogen-bond donors (Lipinski definition) is 1. The van der Waals surface area contributed by atoms with Gasteiger partial charge in [0.25, 0.3) is 11.6 Å². The molecule has 9 heteroatoms. The predicted molar refractivity (Wildman–Crippen MR) is 128 cm³/mol. The molecular weight excluding hydrogens is 420 g/mol. The van der Waals surface area contributed by atoms with Crippen LogP contribution in [0.1, 0.15) is 29.8 Å².